The molecule has 1 aromatic carbocycles. The first-order chi connectivity index (χ1) is 10.5. The average Bonchev–Trinajstić information content (AvgIpc) is 2.91. The van der Waals surface area contributed by atoms with Crippen molar-refractivity contribution in [1.29, 1.82) is 0 Å². The molecule has 0 saturated carbocycles. The zero-order chi connectivity index (χ0) is 15.9. The van der Waals surface area contributed by atoms with E-state index in [-0.39, 0.29) is 10.2 Å². The number of para-hydroxylation sites is 1. The van der Waals surface area contributed by atoms with Crippen molar-refractivity contribution in [2.24, 2.45) is 0 Å². The lowest BCUT2D eigenvalue weighted by Gasteiger charge is -2.10. The van der Waals surface area contributed by atoms with Gasteiger partial charge in [0.05, 0.1) is 4.91 Å². The van der Waals surface area contributed by atoms with Gasteiger partial charge in [-0.1, -0.05) is 42.2 Å². The molecule has 5 nitrogen and oxygen atoms in total. The van der Waals surface area contributed by atoms with Gasteiger partial charge in [0.2, 0.25) is 0 Å². The highest BCUT2D eigenvalue weighted by atomic mass is 32.2. The summed E-state index contributed by atoms with van der Waals surface area (Å²) in [5, 5.41) is 9.87. The number of carbonyl (C=O) groups excluding carboxylic acids is 1. The molecule has 112 valence electrons. The fraction of sp³-hybridized carbons (Fsp3) is 0.133. The molecule has 1 aliphatic heterocycles. The van der Waals surface area contributed by atoms with E-state index in [1.807, 2.05) is 31.2 Å². The third kappa shape index (κ3) is 2.53. The highest BCUT2D eigenvalue weighted by Crippen LogP contribution is 2.34. The van der Waals surface area contributed by atoms with Crippen LogP contribution in [0.15, 0.2) is 29.2 Å². The van der Waals surface area contributed by atoms with Gasteiger partial charge in [0.25, 0.3) is 5.91 Å². The summed E-state index contributed by atoms with van der Waals surface area (Å²) in [5.74, 6) is -1.44. The van der Waals surface area contributed by atoms with Crippen LogP contribution >= 0.6 is 24.0 Å². The Balaban J connectivity index is 2.01. The van der Waals surface area contributed by atoms with Crippen LogP contribution in [0.2, 0.25) is 0 Å². The Morgan fingerprint density at radius 1 is 1.45 bits per heavy atom. The normalized spacial score (nSPS) is 17.0. The maximum Gasteiger partial charge on any atom is 0.323 e. The van der Waals surface area contributed by atoms with Crippen LogP contribution in [0.25, 0.3) is 17.0 Å². The van der Waals surface area contributed by atoms with Crippen LogP contribution in [0.3, 0.4) is 0 Å². The smallest absolute Gasteiger partial charge is 0.323 e. The van der Waals surface area contributed by atoms with Crippen molar-refractivity contribution in [3.05, 3.63) is 40.4 Å². The van der Waals surface area contributed by atoms with Gasteiger partial charge in [-0.15, -0.1) is 0 Å². The molecular weight excluding hydrogens is 320 g/mol. The Morgan fingerprint density at radius 3 is 2.91 bits per heavy atom. The number of carbonyl (C=O) groups is 2. The first-order valence-electron chi connectivity index (χ1n) is 6.52. The molecule has 1 aliphatic rings. The summed E-state index contributed by atoms with van der Waals surface area (Å²) < 4.78 is 0.274. The first kappa shape index (κ1) is 14.8. The molecule has 0 radical (unpaired) electrons. The van der Waals surface area contributed by atoms with Crippen LogP contribution in [0.4, 0.5) is 0 Å². The zero-order valence-corrected chi connectivity index (χ0v) is 13.3. The minimum Gasteiger partial charge on any atom is -0.480 e. The van der Waals surface area contributed by atoms with Gasteiger partial charge in [0.1, 0.15) is 10.9 Å². The van der Waals surface area contributed by atoms with Crippen molar-refractivity contribution in [3.63, 3.8) is 0 Å². The Morgan fingerprint density at radius 2 is 2.18 bits per heavy atom. The molecule has 2 N–H and O–H groups in total. The lowest BCUT2D eigenvalue weighted by molar-refractivity contribution is -0.140. The number of hydrogen-bond acceptors (Lipinski definition) is 4. The largest absolute Gasteiger partial charge is 0.480 e. The summed E-state index contributed by atoms with van der Waals surface area (Å²) in [4.78, 5) is 27.9. The summed E-state index contributed by atoms with van der Waals surface area (Å²) in [6, 6.07) is 7.81. The molecule has 0 aliphatic carbocycles. The van der Waals surface area contributed by atoms with E-state index in [0.29, 0.717) is 4.91 Å². The topological polar surface area (TPSA) is 73.4 Å². The number of amides is 1. The molecule has 1 saturated heterocycles. The van der Waals surface area contributed by atoms with E-state index in [0.717, 1.165) is 38.8 Å². The van der Waals surface area contributed by atoms with Gasteiger partial charge in [0.15, 0.2) is 0 Å². The molecule has 1 amide bonds. The highest BCUT2D eigenvalue weighted by molar-refractivity contribution is 8.26. The van der Waals surface area contributed by atoms with Gasteiger partial charge in [-0.05, 0) is 19.1 Å². The first-order valence-corrected chi connectivity index (χ1v) is 7.74. The zero-order valence-electron chi connectivity index (χ0n) is 11.6. The van der Waals surface area contributed by atoms with Crippen LogP contribution in [0, 0.1) is 6.92 Å². The quantitative estimate of drug-likeness (QED) is 0.668. The molecule has 0 atom stereocenters. The van der Waals surface area contributed by atoms with Crippen LogP contribution < -0.4 is 0 Å². The molecule has 1 aromatic heterocycles. The molecule has 2 heterocycles. The van der Waals surface area contributed by atoms with E-state index in [4.69, 9.17) is 17.3 Å². The van der Waals surface area contributed by atoms with E-state index in [9.17, 15) is 9.59 Å². The van der Waals surface area contributed by atoms with E-state index < -0.39 is 12.5 Å². The van der Waals surface area contributed by atoms with Crippen LogP contribution in [-0.2, 0) is 9.59 Å². The molecule has 7 heteroatoms. The second-order valence-electron chi connectivity index (χ2n) is 4.87. The molecule has 0 unspecified atom stereocenters. The number of thiocarbonyl (C=S) groups is 1. The van der Waals surface area contributed by atoms with E-state index in [1.54, 1.807) is 6.08 Å². The number of thioether (sulfide) groups is 1. The van der Waals surface area contributed by atoms with Crippen molar-refractivity contribution in [3.8, 4) is 0 Å². The van der Waals surface area contributed by atoms with Crippen LogP contribution in [0.5, 0.6) is 0 Å². The summed E-state index contributed by atoms with van der Waals surface area (Å²) >= 11 is 6.22. The fourth-order valence-corrected chi connectivity index (χ4v) is 3.62. The molecule has 22 heavy (non-hydrogen) atoms. The van der Waals surface area contributed by atoms with Gasteiger partial charge in [-0.2, -0.15) is 0 Å². The monoisotopic (exact) mass is 332 g/mol. The van der Waals surface area contributed by atoms with Crippen LogP contribution in [-0.4, -0.2) is 37.7 Å². The standard InChI is InChI=1S/C15H12N2O3S2/c1-8-10(9-4-2-3-5-11(9)16-8)6-12-14(20)17(7-13(18)19)15(21)22-12/h2-6,16H,7H2,1H3,(H,18,19)/b12-6-. The van der Waals surface area contributed by atoms with Crippen molar-refractivity contribution in [2.45, 2.75) is 6.92 Å². The maximum absolute atomic E-state index is 12.3. The number of H-pyrrole nitrogens is 1. The number of carboxylic acid groups (broad SMARTS) is 1. The third-order valence-electron chi connectivity index (χ3n) is 3.39. The number of aliphatic carboxylic acids is 1. The minimum absolute atomic E-state index is 0.274. The van der Waals surface area contributed by atoms with Crippen molar-refractivity contribution in [1.82, 2.24) is 9.88 Å². The number of aromatic nitrogens is 1. The SMILES string of the molecule is Cc1[nH]c2ccccc2c1/C=C1\SC(=S)N(CC(=O)O)C1=O. The predicted molar refractivity (Wildman–Crippen MR) is 90.6 cm³/mol. The summed E-state index contributed by atoms with van der Waals surface area (Å²) in [6.45, 7) is 1.53. The van der Waals surface area contributed by atoms with Gasteiger partial charge in [-0.3, -0.25) is 14.5 Å². The summed E-state index contributed by atoms with van der Waals surface area (Å²) in [7, 11) is 0. The predicted octanol–water partition coefficient (Wildman–Crippen LogP) is 2.76. The molecule has 0 spiro atoms. The Labute approximate surface area is 136 Å². The molecule has 1 fully saturated rings. The lowest BCUT2D eigenvalue weighted by atomic mass is 10.1. The molecule has 0 bridgehead atoms. The third-order valence-corrected chi connectivity index (χ3v) is 4.76. The number of aromatic amines is 1. The minimum atomic E-state index is -1.08. The number of rotatable bonds is 3. The van der Waals surface area contributed by atoms with Crippen molar-refractivity contribution < 1.29 is 14.7 Å². The van der Waals surface area contributed by atoms with E-state index in [2.05, 4.69) is 4.98 Å². The van der Waals surface area contributed by atoms with Crippen LogP contribution in [0.1, 0.15) is 11.3 Å². The molecular formula is C15H12N2O3S2. The highest BCUT2D eigenvalue weighted by Gasteiger charge is 2.33. The molecule has 3 rings (SSSR count). The second-order valence-corrected chi connectivity index (χ2v) is 6.55. The fourth-order valence-electron chi connectivity index (χ4n) is 2.39. The Hall–Kier alpha value is -2.12. The van der Waals surface area contributed by atoms with E-state index >= 15 is 0 Å². The van der Waals surface area contributed by atoms with Gasteiger partial charge in [-0.25, -0.2) is 0 Å². The number of aryl methyl sites for hydroxylation is 1. The number of fused-ring (bicyclic) bond motifs is 1. The number of hydrogen-bond donors (Lipinski definition) is 2. The van der Waals surface area contributed by atoms with E-state index in [1.165, 1.54) is 0 Å². The summed E-state index contributed by atoms with van der Waals surface area (Å²) in [6.07, 6.45) is 1.77. The average molecular weight is 332 g/mol. The summed E-state index contributed by atoms with van der Waals surface area (Å²) in [5.41, 5.74) is 2.86. The number of nitrogens with zero attached hydrogens (tertiary/aromatic N) is 1. The Kier molecular flexibility index (Phi) is 3.76. The molecule has 2 aromatic rings. The van der Waals surface area contributed by atoms with Gasteiger partial charge >= 0.3 is 5.97 Å². The Bertz CT molecular complexity index is 838. The van der Waals surface area contributed by atoms with Gasteiger partial charge < -0.3 is 10.1 Å². The van der Waals surface area contributed by atoms with Gasteiger partial charge in [0, 0.05) is 22.2 Å². The lowest BCUT2D eigenvalue weighted by Crippen LogP contribution is -2.33. The second kappa shape index (κ2) is 5.58. The van der Waals surface area contributed by atoms with Crippen molar-refractivity contribution >= 4 is 57.2 Å². The van der Waals surface area contributed by atoms with Crippen molar-refractivity contribution in [2.75, 3.05) is 6.54 Å². The number of benzene rings is 1. The maximum atomic E-state index is 12.3. The number of nitrogens with one attached hydrogen (secondary N) is 1. The number of carboxylic acids is 1.